The number of carboxylic acids is 1. The molecule has 2 rings (SSSR count). The molecule has 120 valence electrons. The van der Waals surface area contributed by atoms with Crippen molar-refractivity contribution in [1.29, 1.82) is 0 Å². The van der Waals surface area contributed by atoms with Gasteiger partial charge < -0.3 is 16.6 Å². The van der Waals surface area contributed by atoms with Gasteiger partial charge in [0.1, 0.15) is 11.2 Å². The molecule has 0 spiro atoms. The van der Waals surface area contributed by atoms with Crippen molar-refractivity contribution >= 4 is 40.6 Å². The van der Waals surface area contributed by atoms with E-state index in [0.717, 1.165) is 0 Å². The number of nitrogen functional groups attached to an aromatic ring is 1. The highest BCUT2D eigenvalue weighted by Crippen LogP contribution is 2.26. The Labute approximate surface area is 142 Å². The molecule has 23 heavy (non-hydrogen) atoms. The quantitative estimate of drug-likeness (QED) is 0.430. The third kappa shape index (κ3) is 3.98. The van der Waals surface area contributed by atoms with Crippen molar-refractivity contribution in [3.8, 4) is 0 Å². The third-order valence-corrected chi connectivity index (χ3v) is 3.91. The maximum Gasteiger partial charge on any atom is 0.320 e. The first-order chi connectivity index (χ1) is 10.8. The number of nitrogens with two attached hydrogens (primary N) is 2. The Morgan fingerprint density at radius 3 is 2.61 bits per heavy atom. The largest absolute Gasteiger partial charge is 0.480 e. The van der Waals surface area contributed by atoms with E-state index in [1.165, 1.54) is 24.4 Å². The highest BCUT2D eigenvalue weighted by atomic mass is 35.5. The van der Waals surface area contributed by atoms with Gasteiger partial charge in [-0.2, -0.15) is 0 Å². The van der Waals surface area contributed by atoms with E-state index in [-0.39, 0.29) is 27.7 Å². The molecule has 0 radical (unpaired) electrons. The topological polar surface area (TPSA) is 119 Å². The highest BCUT2D eigenvalue weighted by Gasteiger charge is 2.18. The molecule has 0 aliphatic carbocycles. The van der Waals surface area contributed by atoms with Crippen LogP contribution in [0.3, 0.4) is 0 Å². The van der Waals surface area contributed by atoms with E-state index in [0.29, 0.717) is 11.3 Å². The molecule has 8 heteroatoms. The molecule has 0 unspecified atom stereocenters. The number of hydrogen-bond acceptors (Lipinski definition) is 5. The Bertz CT molecular complexity index is 781. The predicted octanol–water partition coefficient (Wildman–Crippen LogP) is 2.16. The van der Waals surface area contributed by atoms with Crippen LogP contribution in [0.2, 0.25) is 10.2 Å². The summed E-state index contributed by atoms with van der Waals surface area (Å²) in [6, 6.07) is 4.94. The van der Waals surface area contributed by atoms with Gasteiger partial charge in [-0.1, -0.05) is 23.2 Å². The fourth-order valence-electron chi connectivity index (χ4n) is 2.06. The Morgan fingerprint density at radius 1 is 1.26 bits per heavy atom. The summed E-state index contributed by atoms with van der Waals surface area (Å²) < 4.78 is 0. The Morgan fingerprint density at radius 2 is 1.96 bits per heavy atom. The van der Waals surface area contributed by atoms with Crippen molar-refractivity contribution in [2.24, 2.45) is 5.73 Å². The fourth-order valence-corrected chi connectivity index (χ4v) is 2.41. The van der Waals surface area contributed by atoms with Crippen LogP contribution in [0.25, 0.3) is 0 Å². The zero-order chi connectivity index (χ0) is 17.1. The van der Waals surface area contributed by atoms with E-state index in [2.05, 4.69) is 4.98 Å². The molecule has 0 aliphatic rings. The normalized spacial score (nSPS) is 12.0. The molecule has 5 N–H and O–H groups in total. The molecule has 0 saturated carbocycles. The van der Waals surface area contributed by atoms with Gasteiger partial charge in [-0.05, 0) is 36.2 Å². The molecule has 1 heterocycles. The first kappa shape index (κ1) is 17.2. The van der Waals surface area contributed by atoms with Gasteiger partial charge in [-0.15, -0.1) is 0 Å². The average Bonchev–Trinajstić information content (AvgIpc) is 2.48. The monoisotopic (exact) mass is 353 g/mol. The summed E-state index contributed by atoms with van der Waals surface area (Å²) in [6.07, 6.45) is 1.42. The summed E-state index contributed by atoms with van der Waals surface area (Å²) >= 11 is 11.8. The summed E-state index contributed by atoms with van der Waals surface area (Å²) in [5.74, 6) is -1.53. The van der Waals surface area contributed by atoms with Crippen molar-refractivity contribution in [2.75, 3.05) is 5.73 Å². The van der Waals surface area contributed by atoms with E-state index < -0.39 is 17.8 Å². The van der Waals surface area contributed by atoms with Crippen LogP contribution in [0.15, 0.2) is 30.5 Å². The lowest BCUT2D eigenvalue weighted by molar-refractivity contribution is -0.138. The third-order valence-electron chi connectivity index (χ3n) is 3.14. The fraction of sp³-hybridized carbons (Fsp3) is 0.133. The lowest BCUT2D eigenvalue weighted by atomic mass is 9.98. The zero-order valence-corrected chi connectivity index (χ0v) is 13.3. The number of halogens is 2. The maximum absolute atomic E-state index is 12.6. The van der Waals surface area contributed by atoms with E-state index >= 15 is 0 Å². The van der Waals surface area contributed by atoms with Crippen molar-refractivity contribution in [3.05, 3.63) is 57.3 Å². The maximum atomic E-state index is 12.6. The summed E-state index contributed by atoms with van der Waals surface area (Å²) in [7, 11) is 0. The summed E-state index contributed by atoms with van der Waals surface area (Å²) in [5.41, 5.74) is 12.6. The molecular weight excluding hydrogens is 341 g/mol. The molecule has 1 aromatic heterocycles. The van der Waals surface area contributed by atoms with Crippen LogP contribution < -0.4 is 11.5 Å². The van der Waals surface area contributed by atoms with Crippen molar-refractivity contribution in [2.45, 2.75) is 12.5 Å². The molecular formula is C15H13Cl2N3O3. The lowest BCUT2D eigenvalue weighted by Crippen LogP contribution is -2.32. The number of aromatic nitrogens is 1. The van der Waals surface area contributed by atoms with Gasteiger partial charge in [0.25, 0.3) is 0 Å². The molecule has 0 aliphatic heterocycles. The molecule has 1 aromatic carbocycles. The van der Waals surface area contributed by atoms with E-state index in [9.17, 15) is 9.59 Å². The number of nitrogens with zero attached hydrogens (tertiary/aromatic N) is 1. The number of aliphatic carboxylic acids is 1. The van der Waals surface area contributed by atoms with Crippen LogP contribution >= 0.6 is 23.2 Å². The van der Waals surface area contributed by atoms with Gasteiger partial charge >= 0.3 is 5.97 Å². The molecule has 0 fully saturated rings. The molecule has 0 bridgehead atoms. The van der Waals surface area contributed by atoms with Crippen molar-refractivity contribution in [1.82, 2.24) is 4.98 Å². The van der Waals surface area contributed by atoms with Crippen LogP contribution in [-0.4, -0.2) is 27.9 Å². The molecule has 0 amide bonds. The zero-order valence-electron chi connectivity index (χ0n) is 11.8. The van der Waals surface area contributed by atoms with Gasteiger partial charge in [0.2, 0.25) is 0 Å². The molecule has 0 saturated heterocycles. The number of benzene rings is 1. The van der Waals surface area contributed by atoms with Gasteiger partial charge in [0.15, 0.2) is 5.78 Å². The Balaban J connectivity index is 2.39. The van der Waals surface area contributed by atoms with Crippen LogP contribution in [0.5, 0.6) is 0 Å². The minimum Gasteiger partial charge on any atom is -0.480 e. The molecule has 2 aromatic rings. The second-order valence-corrected chi connectivity index (χ2v) is 5.64. The standard InChI is InChI=1S/C15H13Cl2N3O3/c16-12-10(1-2-20-14(12)17)13(21)8-3-7(4-9(18)6-8)5-11(19)15(22)23/h1-4,6,11H,5,18-19H2,(H,22,23)/t11-/m0/s1. The van der Waals surface area contributed by atoms with E-state index in [1.54, 1.807) is 6.07 Å². The van der Waals surface area contributed by atoms with Gasteiger partial charge in [-0.3, -0.25) is 9.59 Å². The average molecular weight is 354 g/mol. The van der Waals surface area contributed by atoms with Crippen LogP contribution in [0, 0.1) is 0 Å². The van der Waals surface area contributed by atoms with Crippen molar-refractivity contribution in [3.63, 3.8) is 0 Å². The minimum atomic E-state index is -1.13. The van der Waals surface area contributed by atoms with E-state index in [4.69, 9.17) is 39.8 Å². The summed E-state index contributed by atoms with van der Waals surface area (Å²) in [4.78, 5) is 27.2. The minimum absolute atomic E-state index is 0.0227. The lowest BCUT2D eigenvalue weighted by Gasteiger charge is -2.10. The number of carbonyl (C=O) groups excluding carboxylic acids is 1. The second kappa shape index (κ2) is 6.95. The van der Waals surface area contributed by atoms with E-state index in [1.807, 2.05) is 0 Å². The first-order valence-corrected chi connectivity index (χ1v) is 7.27. The summed E-state index contributed by atoms with van der Waals surface area (Å²) in [6.45, 7) is 0. The number of anilines is 1. The predicted molar refractivity (Wildman–Crippen MR) is 87.9 cm³/mol. The SMILES string of the molecule is Nc1cc(C[C@H](N)C(=O)O)cc(C(=O)c2ccnc(Cl)c2Cl)c1. The number of pyridine rings is 1. The number of hydrogen-bond donors (Lipinski definition) is 3. The van der Waals surface area contributed by atoms with Crippen molar-refractivity contribution < 1.29 is 14.7 Å². The first-order valence-electron chi connectivity index (χ1n) is 6.52. The van der Waals surface area contributed by atoms with Gasteiger partial charge in [-0.25, -0.2) is 4.98 Å². The smallest absolute Gasteiger partial charge is 0.320 e. The van der Waals surface area contributed by atoms with Crippen LogP contribution in [-0.2, 0) is 11.2 Å². The van der Waals surface area contributed by atoms with Crippen LogP contribution in [0.1, 0.15) is 21.5 Å². The highest BCUT2D eigenvalue weighted by molar-refractivity contribution is 6.43. The number of carbonyl (C=O) groups is 2. The second-order valence-electron chi connectivity index (χ2n) is 4.90. The Hall–Kier alpha value is -2.15. The number of ketones is 1. The molecule has 1 atom stereocenters. The van der Waals surface area contributed by atoms with Crippen LogP contribution in [0.4, 0.5) is 5.69 Å². The van der Waals surface area contributed by atoms with Gasteiger partial charge in [0, 0.05) is 23.0 Å². The number of rotatable bonds is 5. The Kier molecular flexibility index (Phi) is 5.20. The van der Waals surface area contributed by atoms with Gasteiger partial charge in [0.05, 0.1) is 5.02 Å². The molecule has 6 nitrogen and oxygen atoms in total. The summed E-state index contributed by atoms with van der Waals surface area (Å²) in [5, 5.41) is 8.94. The number of carboxylic acid groups (broad SMARTS) is 1.